The van der Waals surface area contributed by atoms with E-state index in [1.54, 1.807) is 6.92 Å². The van der Waals surface area contributed by atoms with Crippen LogP contribution in [0.5, 0.6) is 0 Å². The number of aryl methyl sites for hydroxylation is 1. The lowest BCUT2D eigenvalue weighted by Gasteiger charge is -2.40. The number of aliphatic hydroxyl groups excluding tert-OH is 1. The highest BCUT2D eigenvalue weighted by atomic mass is 16.3. The summed E-state index contributed by atoms with van der Waals surface area (Å²) in [4.78, 5) is 13.2. The monoisotopic (exact) mass is 261 g/mol. The van der Waals surface area contributed by atoms with Gasteiger partial charge in [-0.1, -0.05) is 29.8 Å². The third-order valence-corrected chi connectivity index (χ3v) is 4.30. The molecule has 0 saturated carbocycles. The van der Waals surface area contributed by atoms with Gasteiger partial charge in [-0.15, -0.1) is 0 Å². The first-order chi connectivity index (χ1) is 9.04. The maximum Gasteiger partial charge on any atom is 0.219 e. The molecule has 1 saturated heterocycles. The first-order valence-electron chi connectivity index (χ1n) is 6.97. The fraction of sp³-hybridized carbons (Fsp3) is 0.562. The van der Waals surface area contributed by atoms with E-state index < -0.39 is 0 Å². The molecular weight excluding hydrogens is 238 g/mol. The molecule has 0 radical (unpaired) electrons. The lowest BCUT2D eigenvalue weighted by molar-refractivity contribution is -0.131. The van der Waals surface area contributed by atoms with Gasteiger partial charge in [0, 0.05) is 32.0 Å². The molecule has 0 atom stereocenters. The van der Waals surface area contributed by atoms with Crippen LogP contribution in [0.2, 0.25) is 0 Å². The molecule has 1 N–H and O–H groups in total. The fourth-order valence-corrected chi connectivity index (χ4v) is 2.83. The van der Waals surface area contributed by atoms with E-state index in [4.69, 9.17) is 0 Å². The number of benzene rings is 1. The summed E-state index contributed by atoms with van der Waals surface area (Å²) in [5.41, 5.74) is 2.48. The predicted octanol–water partition coefficient (Wildman–Crippen LogP) is 2.16. The Morgan fingerprint density at radius 1 is 1.26 bits per heavy atom. The first-order valence-corrected chi connectivity index (χ1v) is 6.97. The van der Waals surface area contributed by atoms with Crippen LogP contribution >= 0.6 is 0 Å². The molecule has 1 fully saturated rings. The van der Waals surface area contributed by atoms with Gasteiger partial charge in [-0.05, 0) is 31.7 Å². The molecule has 0 unspecified atom stereocenters. The van der Waals surface area contributed by atoms with E-state index in [2.05, 4.69) is 31.2 Å². The van der Waals surface area contributed by atoms with Crippen molar-refractivity contribution < 1.29 is 9.90 Å². The normalized spacial score (nSPS) is 18.4. The van der Waals surface area contributed by atoms with Crippen LogP contribution in [-0.4, -0.2) is 35.6 Å². The number of carbonyl (C=O) groups excluding carboxylic acids is 1. The van der Waals surface area contributed by atoms with Crippen LogP contribution < -0.4 is 0 Å². The van der Waals surface area contributed by atoms with Gasteiger partial charge < -0.3 is 10.0 Å². The zero-order chi connectivity index (χ0) is 13.9. The van der Waals surface area contributed by atoms with Gasteiger partial charge in [-0.25, -0.2) is 0 Å². The van der Waals surface area contributed by atoms with Crippen molar-refractivity contribution in [2.45, 2.75) is 33.1 Å². The molecule has 0 spiro atoms. The average molecular weight is 261 g/mol. The summed E-state index contributed by atoms with van der Waals surface area (Å²) in [6, 6.07) is 8.52. The third-order valence-electron chi connectivity index (χ3n) is 4.30. The van der Waals surface area contributed by atoms with Crippen molar-refractivity contribution in [3.8, 4) is 0 Å². The van der Waals surface area contributed by atoms with Crippen molar-refractivity contribution in [1.29, 1.82) is 0 Å². The lowest BCUT2D eigenvalue weighted by Crippen LogP contribution is -2.44. The number of aliphatic hydroxyl groups is 1. The molecule has 0 bridgehead atoms. The molecule has 104 valence electrons. The number of carbonyl (C=O) groups is 1. The first kappa shape index (κ1) is 14.1. The van der Waals surface area contributed by atoms with Gasteiger partial charge in [0.15, 0.2) is 0 Å². The van der Waals surface area contributed by atoms with Gasteiger partial charge in [-0.2, -0.15) is 0 Å². The predicted molar refractivity (Wildman–Crippen MR) is 75.9 cm³/mol. The van der Waals surface area contributed by atoms with Gasteiger partial charge in [0.05, 0.1) is 0 Å². The van der Waals surface area contributed by atoms with Gasteiger partial charge in [0.2, 0.25) is 5.91 Å². The Morgan fingerprint density at radius 3 is 2.32 bits per heavy atom. The van der Waals surface area contributed by atoms with Crippen LogP contribution in [0.4, 0.5) is 0 Å². The SMILES string of the molecule is CC(=O)N1CCC(CO)(Cc2ccc(C)cc2)CC1. The molecule has 2 rings (SSSR count). The lowest BCUT2D eigenvalue weighted by atomic mass is 9.74. The number of hydrogen-bond donors (Lipinski definition) is 1. The summed E-state index contributed by atoms with van der Waals surface area (Å²) in [6.45, 7) is 5.43. The van der Waals surface area contributed by atoms with Crippen LogP contribution in [0, 0.1) is 12.3 Å². The minimum absolute atomic E-state index is 0.0544. The van der Waals surface area contributed by atoms with E-state index in [1.807, 2.05) is 4.90 Å². The van der Waals surface area contributed by atoms with E-state index in [1.165, 1.54) is 11.1 Å². The summed E-state index contributed by atoms with van der Waals surface area (Å²) >= 11 is 0. The molecule has 1 amide bonds. The molecular formula is C16H23NO2. The Kier molecular flexibility index (Phi) is 4.25. The molecule has 19 heavy (non-hydrogen) atoms. The molecule has 1 heterocycles. The van der Waals surface area contributed by atoms with E-state index in [0.717, 1.165) is 32.4 Å². The highest BCUT2D eigenvalue weighted by molar-refractivity contribution is 5.73. The number of piperidine rings is 1. The Labute approximate surface area is 115 Å². The molecule has 3 nitrogen and oxygen atoms in total. The van der Waals surface area contributed by atoms with Crippen molar-refractivity contribution in [3.05, 3.63) is 35.4 Å². The van der Waals surface area contributed by atoms with Gasteiger partial charge in [0.25, 0.3) is 0 Å². The van der Waals surface area contributed by atoms with Gasteiger partial charge >= 0.3 is 0 Å². The fourth-order valence-electron chi connectivity index (χ4n) is 2.83. The van der Waals surface area contributed by atoms with E-state index in [0.29, 0.717) is 0 Å². The Balaban J connectivity index is 2.04. The second-order valence-corrected chi connectivity index (χ2v) is 5.83. The molecule has 1 aliphatic rings. The van der Waals surface area contributed by atoms with Crippen molar-refractivity contribution in [3.63, 3.8) is 0 Å². The quantitative estimate of drug-likeness (QED) is 0.906. The molecule has 3 heteroatoms. The van der Waals surface area contributed by atoms with Crippen LogP contribution in [0.3, 0.4) is 0 Å². The summed E-state index contributed by atoms with van der Waals surface area (Å²) in [7, 11) is 0. The zero-order valence-corrected chi connectivity index (χ0v) is 11.9. The molecule has 1 aliphatic heterocycles. The molecule has 0 aliphatic carbocycles. The molecule has 1 aromatic carbocycles. The second kappa shape index (κ2) is 5.74. The van der Waals surface area contributed by atoms with Crippen LogP contribution in [0.15, 0.2) is 24.3 Å². The van der Waals surface area contributed by atoms with E-state index in [-0.39, 0.29) is 17.9 Å². The number of hydrogen-bond acceptors (Lipinski definition) is 2. The minimum Gasteiger partial charge on any atom is -0.396 e. The van der Waals surface area contributed by atoms with Crippen molar-refractivity contribution in [1.82, 2.24) is 4.90 Å². The van der Waals surface area contributed by atoms with Gasteiger partial charge in [-0.3, -0.25) is 4.79 Å². The number of likely N-dealkylation sites (tertiary alicyclic amines) is 1. The Bertz CT molecular complexity index is 431. The zero-order valence-electron chi connectivity index (χ0n) is 11.9. The highest BCUT2D eigenvalue weighted by Crippen LogP contribution is 2.34. The number of rotatable bonds is 3. The summed E-state index contributed by atoms with van der Waals surface area (Å²) in [5, 5.41) is 9.78. The number of nitrogens with zero attached hydrogens (tertiary/aromatic N) is 1. The van der Waals surface area contributed by atoms with Crippen molar-refractivity contribution in [2.24, 2.45) is 5.41 Å². The van der Waals surface area contributed by atoms with Crippen molar-refractivity contribution in [2.75, 3.05) is 19.7 Å². The Hall–Kier alpha value is -1.35. The minimum atomic E-state index is -0.0544. The maximum absolute atomic E-state index is 11.4. The van der Waals surface area contributed by atoms with Crippen LogP contribution in [0.25, 0.3) is 0 Å². The standard InChI is InChI=1S/C16H23NO2/c1-13-3-5-15(6-4-13)11-16(12-18)7-9-17(10-8-16)14(2)19/h3-6,18H,7-12H2,1-2H3. The summed E-state index contributed by atoms with van der Waals surface area (Å²) < 4.78 is 0. The van der Waals surface area contributed by atoms with Gasteiger partial charge in [0.1, 0.15) is 0 Å². The van der Waals surface area contributed by atoms with E-state index in [9.17, 15) is 9.90 Å². The highest BCUT2D eigenvalue weighted by Gasteiger charge is 2.34. The summed E-state index contributed by atoms with van der Waals surface area (Å²) in [6.07, 6.45) is 2.67. The van der Waals surface area contributed by atoms with Crippen LogP contribution in [-0.2, 0) is 11.2 Å². The topological polar surface area (TPSA) is 40.5 Å². The maximum atomic E-state index is 11.4. The second-order valence-electron chi connectivity index (χ2n) is 5.83. The van der Waals surface area contributed by atoms with E-state index >= 15 is 0 Å². The largest absolute Gasteiger partial charge is 0.396 e. The third kappa shape index (κ3) is 3.35. The summed E-state index contributed by atoms with van der Waals surface area (Å²) in [5.74, 6) is 0.141. The van der Waals surface area contributed by atoms with Crippen molar-refractivity contribution >= 4 is 5.91 Å². The average Bonchev–Trinajstić information content (AvgIpc) is 2.42. The number of amides is 1. The smallest absolute Gasteiger partial charge is 0.219 e. The Morgan fingerprint density at radius 2 is 1.84 bits per heavy atom. The van der Waals surface area contributed by atoms with Crippen LogP contribution in [0.1, 0.15) is 30.9 Å². The molecule has 1 aromatic rings. The molecule has 0 aromatic heterocycles.